The summed E-state index contributed by atoms with van der Waals surface area (Å²) < 4.78 is 5.82. The van der Waals surface area contributed by atoms with Crippen molar-refractivity contribution >= 4 is 22.0 Å². The number of aliphatic imine (C=N–C) groups is 1. The Morgan fingerprint density at radius 2 is 2.50 bits per heavy atom. The molecule has 1 rings (SSSR count). The smallest absolute Gasteiger partial charge is 0.291 e. The third kappa shape index (κ3) is 2.41. The number of aliphatic hydroxyl groups excluding tert-OH is 1. The maximum atomic E-state index is 9.21. The predicted molar refractivity (Wildman–Crippen MR) is 50.3 cm³/mol. The third-order valence-corrected chi connectivity index (χ3v) is 1.91. The first-order chi connectivity index (χ1) is 5.74. The molecular weight excluding hydrogens is 224 g/mol. The maximum Gasteiger partial charge on any atom is 0.291 e. The second-order valence-corrected chi connectivity index (χ2v) is 3.31. The van der Waals surface area contributed by atoms with Crippen molar-refractivity contribution in [3.05, 3.63) is 10.4 Å². The van der Waals surface area contributed by atoms with Gasteiger partial charge in [0.25, 0.3) is 6.02 Å². The van der Waals surface area contributed by atoms with E-state index in [2.05, 4.69) is 26.2 Å². The van der Waals surface area contributed by atoms with Crippen LogP contribution in [0.4, 0.5) is 0 Å². The lowest BCUT2D eigenvalue weighted by Gasteiger charge is -2.14. The van der Waals surface area contributed by atoms with Crippen molar-refractivity contribution in [3.8, 4) is 0 Å². The Hall–Kier alpha value is -0.710. The van der Waals surface area contributed by atoms with Gasteiger partial charge < -0.3 is 9.84 Å². The number of rotatable bonds is 2. The van der Waals surface area contributed by atoms with Gasteiger partial charge in [-0.3, -0.25) is 5.32 Å². The SMILES string of the molecule is CCCOC1=NCC(Br)=C(O)N1. The van der Waals surface area contributed by atoms with Gasteiger partial charge in [0.1, 0.15) is 0 Å². The maximum absolute atomic E-state index is 9.21. The molecule has 0 aromatic heterocycles. The largest absolute Gasteiger partial charge is 0.494 e. The number of hydrogen-bond acceptors (Lipinski definition) is 4. The zero-order chi connectivity index (χ0) is 8.97. The monoisotopic (exact) mass is 234 g/mol. The number of nitrogens with zero attached hydrogens (tertiary/aromatic N) is 1. The lowest BCUT2D eigenvalue weighted by molar-refractivity contribution is 0.275. The summed E-state index contributed by atoms with van der Waals surface area (Å²) in [7, 11) is 0. The van der Waals surface area contributed by atoms with Gasteiger partial charge >= 0.3 is 0 Å². The summed E-state index contributed by atoms with van der Waals surface area (Å²) in [6.45, 7) is 3.05. The average Bonchev–Trinajstić information content (AvgIpc) is 2.07. The number of amidine groups is 1. The van der Waals surface area contributed by atoms with E-state index in [4.69, 9.17) is 4.74 Å². The van der Waals surface area contributed by atoms with Gasteiger partial charge in [-0.05, 0) is 22.4 Å². The molecule has 0 bridgehead atoms. The normalized spacial score (nSPS) is 17.0. The fourth-order valence-corrected chi connectivity index (χ4v) is 0.930. The van der Waals surface area contributed by atoms with Crippen LogP contribution in [0.15, 0.2) is 15.4 Å². The Morgan fingerprint density at radius 3 is 3.08 bits per heavy atom. The topological polar surface area (TPSA) is 53.9 Å². The van der Waals surface area contributed by atoms with Gasteiger partial charge in [0.2, 0.25) is 5.88 Å². The Morgan fingerprint density at radius 1 is 1.75 bits per heavy atom. The fourth-order valence-electron chi connectivity index (χ4n) is 0.705. The molecule has 4 nitrogen and oxygen atoms in total. The number of hydrogen-bond donors (Lipinski definition) is 2. The van der Waals surface area contributed by atoms with Gasteiger partial charge in [-0.2, -0.15) is 0 Å². The number of aliphatic hydroxyl groups is 1. The van der Waals surface area contributed by atoms with Crippen LogP contribution < -0.4 is 5.32 Å². The molecule has 0 fully saturated rings. The molecule has 0 saturated heterocycles. The average molecular weight is 235 g/mol. The van der Waals surface area contributed by atoms with Crippen molar-refractivity contribution in [2.24, 2.45) is 4.99 Å². The molecule has 2 N–H and O–H groups in total. The molecule has 5 heteroatoms. The van der Waals surface area contributed by atoms with Crippen molar-refractivity contribution in [2.45, 2.75) is 13.3 Å². The second-order valence-electron chi connectivity index (χ2n) is 2.35. The van der Waals surface area contributed by atoms with Gasteiger partial charge in [0, 0.05) is 0 Å². The molecule has 0 aromatic carbocycles. The minimum absolute atomic E-state index is 0.0797. The fraction of sp³-hybridized carbons (Fsp3) is 0.571. The molecule has 0 saturated carbocycles. The van der Waals surface area contributed by atoms with Gasteiger partial charge in [0.05, 0.1) is 17.6 Å². The van der Waals surface area contributed by atoms with Gasteiger partial charge in [-0.25, -0.2) is 4.99 Å². The summed E-state index contributed by atoms with van der Waals surface area (Å²) >= 11 is 3.15. The Labute approximate surface area is 79.5 Å². The van der Waals surface area contributed by atoms with Crippen molar-refractivity contribution < 1.29 is 9.84 Å². The summed E-state index contributed by atoms with van der Waals surface area (Å²) in [6.07, 6.45) is 0.923. The van der Waals surface area contributed by atoms with E-state index < -0.39 is 0 Å². The lowest BCUT2D eigenvalue weighted by atomic mass is 10.5. The van der Waals surface area contributed by atoms with Crippen molar-refractivity contribution in [1.29, 1.82) is 0 Å². The van der Waals surface area contributed by atoms with E-state index in [1.54, 1.807) is 0 Å². The molecule has 0 unspecified atom stereocenters. The van der Waals surface area contributed by atoms with Crippen LogP contribution in [-0.2, 0) is 4.74 Å². The van der Waals surface area contributed by atoms with E-state index in [1.165, 1.54) is 0 Å². The standard InChI is InChI=1S/C7H11BrN2O2/c1-2-3-12-7-9-4-5(8)6(11)10-7/h11H,2-4H2,1H3,(H,9,10). The minimum atomic E-state index is 0.0797. The number of nitrogens with one attached hydrogen (secondary N) is 1. The molecule has 0 spiro atoms. The molecule has 1 aliphatic rings. The summed E-state index contributed by atoms with van der Waals surface area (Å²) in [5, 5.41) is 11.8. The third-order valence-electron chi connectivity index (χ3n) is 1.29. The highest BCUT2D eigenvalue weighted by molar-refractivity contribution is 9.11. The molecule has 0 amide bonds. The second kappa shape index (κ2) is 4.35. The molecule has 0 radical (unpaired) electrons. The van der Waals surface area contributed by atoms with E-state index in [0.29, 0.717) is 23.7 Å². The quantitative estimate of drug-likeness (QED) is 0.762. The highest BCUT2D eigenvalue weighted by atomic mass is 79.9. The van der Waals surface area contributed by atoms with Crippen molar-refractivity contribution in [1.82, 2.24) is 5.32 Å². The molecule has 68 valence electrons. The van der Waals surface area contributed by atoms with Crippen LogP contribution in [0.1, 0.15) is 13.3 Å². The molecular formula is C7H11BrN2O2. The van der Waals surface area contributed by atoms with Gasteiger partial charge in [0.15, 0.2) is 0 Å². The van der Waals surface area contributed by atoms with E-state index in [1.807, 2.05) is 6.92 Å². The van der Waals surface area contributed by atoms with Crippen LogP contribution in [0.2, 0.25) is 0 Å². The lowest BCUT2D eigenvalue weighted by Crippen LogP contribution is -2.30. The van der Waals surface area contributed by atoms with E-state index >= 15 is 0 Å². The number of ether oxygens (including phenoxy) is 1. The first-order valence-electron chi connectivity index (χ1n) is 3.76. The van der Waals surface area contributed by atoms with Gasteiger partial charge in [-0.1, -0.05) is 6.92 Å². The first-order valence-corrected chi connectivity index (χ1v) is 4.55. The molecule has 0 aliphatic carbocycles. The van der Waals surface area contributed by atoms with Crippen LogP contribution in [0.5, 0.6) is 0 Å². The highest BCUT2D eigenvalue weighted by Crippen LogP contribution is 2.11. The van der Waals surface area contributed by atoms with E-state index in [0.717, 1.165) is 6.42 Å². The zero-order valence-electron chi connectivity index (χ0n) is 6.80. The first kappa shape index (κ1) is 9.38. The highest BCUT2D eigenvalue weighted by Gasteiger charge is 2.11. The Balaban J connectivity index is 2.41. The minimum Gasteiger partial charge on any atom is -0.494 e. The molecule has 0 atom stereocenters. The van der Waals surface area contributed by atoms with Crippen LogP contribution in [0.3, 0.4) is 0 Å². The van der Waals surface area contributed by atoms with Crippen molar-refractivity contribution in [3.63, 3.8) is 0 Å². The summed E-state index contributed by atoms with van der Waals surface area (Å²) in [4.78, 5) is 4.02. The van der Waals surface area contributed by atoms with Crippen LogP contribution in [0.25, 0.3) is 0 Å². The molecule has 1 heterocycles. The van der Waals surface area contributed by atoms with Crippen LogP contribution >= 0.6 is 15.9 Å². The van der Waals surface area contributed by atoms with Crippen LogP contribution in [0, 0.1) is 0 Å². The molecule has 0 aromatic rings. The van der Waals surface area contributed by atoms with E-state index in [9.17, 15) is 5.11 Å². The summed E-state index contributed by atoms with van der Waals surface area (Å²) in [6, 6.07) is 0.387. The summed E-state index contributed by atoms with van der Waals surface area (Å²) in [5.41, 5.74) is 0. The predicted octanol–water partition coefficient (Wildman–Crippen LogP) is 1.49. The van der Waals surface area contributed by atoms with E-state index in [-0.39, 0.29) is 5.88 Å². The number of halogens is 1. The van der Waals surface area contributed by atoms with Crippen LogP contribution in [-0.4, -0.2) is 24.3 Å². The molecule has 1 aliphatic heterocycles. The van der Waals surface area contributed by atoms with Crippen molar-refractivity contribution in [2.75, 3.05) is 13.2 Å². The van der Waals surface area contributed by atoms with Gasteiger partial charge in [-0.15, -0.1) is 0 Å². The Bertz CT molecular complexity index is 225. The summed E-state index contributed by atoms with van der Waals surface area (Å²) in [5.74, 6) is 0.0797. The zero-order valence-corrected chi connectivity index (χ0v) is 8.39. The Kier molecular flexibility index (Phi) is 3.40. The molecule has 12 heavy (non-hydrogen) atoms.